The van der Waals surface area contributed by atoms with Gasteiger partial charge in [-0.1, -0.05) is 25.1 Å². The van der Waals surface area contributed by atoms with Crippen molar-refractivity contribution < 1.29 is 27.5 Å². The van der Waals surface area contributed by atoms with Gasteiger partial charge >= 0.3 is 5.97 Å². The monoisotopic (exact) mass is 553 g/mol. The van der Waals surface area contributed by atoms with E-state index in [1.807, 2.05) is 19.1 Å². The SMILES string of the molecule is CCOC(=O)C1=C(CC)Nc2ccccc2N=C1NC(=O)c1cccc(S(=O)(=O)N2CCN(C(C)=O)CC2)c1. The van der Waals surface area contributed by atoms with Gasteiger partial charge in [-0.25, -0.2) is 18.2 Å². The quantitative estimate of drug-likeness (QED) is 0.525. The highest BCUT2D eigenvalue weighted by Gasteiger charge is 2.31. The lowest BCUT2D eigenvalue weighted by Crippen LogP contribution is -2.49. The summed E-state index contributed by atoms with van der Waals surface area (Å²) in [6.45, 7) is 6.05. The van der Waals surface area contributed by atoms with Crippen LogP contribution in [0.4, 0.5) is 11.4 Å². The molecule has 2 aliphatic rings. The summed E-state index contributed by atoms with van der Waals surface area (Å²) in [6, 6.07) is 12.9. The number of para-hydroxylation sites is 2. The van der Waals surface area contributed by atoms with Gasteiger partial charge in [-0.3, -0.25) is 9.59 Å². The maximum atomic E-state index is 13.4. The van der Waals surface area contributed by atoms with Crippen molar-refractivity contribution in [2.24, 2.45) is 4.99 Å². The molecule has 2 heterocycles. The van der Waals surface area contributed by atoms with Gasteiger partial charge in [0, 0.05) is 44.4 Å². The molecule has 2 amide bonds. The zero-order chi connectivity index (χ0) is 28.2. The molecule has 206 valence electrons. The van der Waals surface area contributed by atoms with Crippen LogP contribution in [0.5, 0.6) is 0 Å². The van der Waals surface area contributed by atoms with E-state index >= 15 is 0 Å². The van der Waals surface area contributed by atoms with E-state index in [1.54, 1.807) is 24.0 Å². The van der Waals surface area contributed by atoms with E-state index < -0.39 is 21.9 Å². The van der Waals surface area contributed by atoms with Crippen LogP contribution in [-0.2, 0) is 24.3 Å². The number of rotatable bonds is 6. The van der Waals surface area contributed by atoms with E-state index in [-0.39, 0.29) is 47.5 Å². The Bertz CT molecular complexity index is 1460. The highest BCUT2D eigenvalue weighted by atomic mass is 32.2. The molecular weight excluding hydrogens is 522 g/mol. The number of amides is 2. The van der Waals surface area contributed by atoms with E-state index in [4.69, 9.17) is 4.74 Å². The van der Waals surface area contributed by atoms with Gasteiger partial charge in [0.15, 0.2) is 0 Å². The zero-order valence-corrected chi connectivity index (χ0v) is 22.9. The van der Waals surface area contributed by atoms with Crippen molar-refractivity contribution in [3.05, 3.63) is 65.4 Å². The molecule has 0 unspecified atom stereocenters. The minimum absolute atomic E-state index is 0.00126. The fourth-order valence-electron chi connectivity index (χ4n) is 4.37. The largest absolute Gasteiger partial charge is 0.462 e. The van der Waals surface area contributed by atoms with Crippen LogP contribution in [0.1, 0.15) is 37.6 Å². The Morgan fingerprint density at radius 1 is 1.03 bits per heavy atom. The smallest absolute Gasteiger partial charge is 0.343 e. The predicted molar refractivity (Wildman–Crippen MR) is 146 cm³/mol. The zero-order valence-electron chi connectivity index (χ0n) is 22.1. The van der Waals surface area contributed by atoms with Gasteiger partial charge < -0.3 is 20.3 Å². The van der Waals surface area contributed by atoms with Crippen molar-refractivity contribution in [3.8, 4) is 0 Å². The number of amidine groups is 1. The van der Waals surface area contributed by atoms with E-state index in [0.717, 1.165) is 0 Å². The van der Waals surface area contributed by atoms with Crippen LogP contribution in [0.2, 0.25) is 0 Å². The Kier molecular flexibility index (Phi) is 8.46. The van der Waals surface area contributed by atoms with Crippen LogP contribution in [0.3, 0.4) is 0 Å². The molecule has 2 aliphatic heterocycles. The summed E-state index contributed by atoms with van der Waals surface area (Å²) < 4.78 is 33.2. The molecular formula is C27H31N5O6S. The van der Waals surface area contributed by atoms with Crippen LogP contribution < -0.4 is 10.6 Å². The fourth-order valence-corrected chi connectivity index (χ4v) is 5.84. The standard InChI is InChI=1S/C27H31N5O6S/c1-4-21-24(27(35)38-5-2)25(29-23-12-7-6-11-22(23)28-21)30-26(34)19-9-8-10-20(17-19)39(36,37)32-15-13-31(14-16-32)18(3)33/h6-12,17,28H,4-5,13-16H2,1-3H3,(H,29,30,34). The molecule has 11 nitrogen and oxygen atoms in total. The first kappa shape index (κ1) is 28.0. The first-order valence-electron chi connectivity index (χ1n) is 12.7. The Morgan fingerprint density at radius 3 is 2.41 bits per heavy atom. The normalized spacial score (nSPS) is 16.0. The molecule has 0 aromatic heterocycles. The predicted octanol–water partition coefficient (Wildman–Crippen LogP) is 2.65. The molecule has 0 aliphatic carbocycles. The summed E-state index contributed by atoms with van der Waals surface area (Å²) in [4.78, 5) is 44.1. The topological polar surface area (TPSA) is 137 Å². The number of benzene rings is 2. The van der Waals surface area contributed by atoms with Crippen LogP contribution in [-0.4, -0.2) is 74.0 Å². The second-order valence-corrected chi connectivity index (χ2v) is 10.9. The van der Waals surface area contributed by atoms with E-state index in [1.165, 1.54) is 35.5 Å². The fraction of sp³-hybridized carbons (Fsp3) is 0.333. The van der Waals surface area contributed by atoms with Crippen molar-refractivity contribution in [3.63, 3.8) is 0 Å². The van der Waals surface area contributed by atoms with Gasteiger partial charge in [0.1, 0.15) is 11.4 Å². The molecule has 0 spiro atoms. The molecule has 39 heavy (non-hydrogen) atoms. The average Bonchev–Trinajstić information content (AvgIpc) is 3.09. The highest BCUT2D eigenvalue weighted by molar-refractivity contribution is 7.89. The number of carbonyl (C=O) groups excluding carboxylic acids is 3. The molecule has 1 saturated heterocycles. The lowest BCUT2D eigenvalue weighted by Gasteiger charge is -2.33. The lowest BCUT2D eigenvalue weighted by molar-refractivity contribution is -0.138. The first-order valence-corrected chi connectivity index (χ1v) is 14.1. The third kappa shape index (κ3) is 6.02. The molecule has 4 rings (SSSR count). The number of hydrogen-bond acceptors (Lipinski definition) is 8. The number of esters is 1. The third-order valence-electron chi connectivity index (χ3n) is 6.44. The van der Waals surface area contributed by atoms with E-state index in [0.29, 0.717) is 36.6 Å². The van der Waals surface area contributed by atoms with Crippen molar-refractivity contribution in [2.75, 3.05) is 38.1 Å². The van der Waals surface area contributed by atoms with Gasteiger partial charge in [-0.15, -0.1) is 0 Å². The Morgan fingerprint density at radius 2 is 1.74 bits per heavy atom. The number of fused-ring (bicyclic) bond motifs is 1. The molecule has 12 heteroatoms. The average molecular weight is 554 g/mol. The minimum atomic E-state index is -3.90. The molecule has 1 fully saturated rings. The Balaban J connectivity index is 1.64. The van der Waals surface area contributed by atoms with Crippen LogP contribution >= 0.6 is 0 Å². The molecule has 2 aromatic carbocycles. The van der Waals surface area contributed by atoms with Crippen molar-refractivity contribution in [1.29, 1.82) is 0 Å². The van der Waals surface area contributed by atoms with Crippen LogP contribution in [0, 0.1) is 0 Å². The minimum Gasteiger partial charge on any atom is -0.462 e. The maximum absolute atomic E-state index is 13.4. The number of hydrogen-bond donors (Lipinski definition) is 2. The van der Waals surface area contributed by atoms with E-state index in [2.05, 4.69) is 15.6 Å². The number of sulfonamides is 1. The van der Waals surface area contributed by atoms with Gasteiger partial charge in [0.2, 0.25) is 15.9 Å². The first-order chi connectivity index (χ1) is 18.6. The van der Waals surface area contributed by atoms with Gasteiger partial charge in [0.25, 0.3) is 5.91 Å². The molecule has 2 N–H and O–H groups in total. The summed E-state index contributed by atoms with van der Waals surface area (Å²) in [6.07, 6.45) is 0.433. The van der Waals surface area contributed by atoms with Crippen LogP contribution in [0.25, 0.3) is 0 Å². The van der Waals surface area contributed by atoms with Crippen LogP contribution in [0.15, 0.2) is 69.7 Å². The number of ether oxygens (including phenoxy) is 1. The summed E-state index contributed by atoms with van der Waals surface area (Å²) in [7, 11) is -3.90. The number of piperazine rings is 1. The number of aliphatic imine (C=N–C) groups is 1. The molecule has 2 aromatic rings. The number of nitrogens with one attached hydrogen (secondary N) is 2. The maximum Gasteiger partial charge on any atom is 0.343 e. The number of anilines is 1. The number of allylic oxidation sites excluding steroid dienone is 1. The molecule has 0 radical (unpaired) electrons. The summed E-state index contributed by atoms with van der Waals surface area (Å²) in [5, 5.41) is 5.93. The van der Waals surface area contributed by atoms with Gasteiger partial charge in [0.05, 0.1) is 22.9 Å². The summed E-state index contributed by atoms with van der Waals surface area (Å²) >= 11 is 0. The second-order valence-electron chi connectivity index (χ2n) is 8.92. The summed E-state index contributed by atoms with van der Waals surface area (Å²) in [5.41, 5.74) is 1.87. The second kappa shape index (κ2) is 11.8. The Labute approximate surface area is 227 Å². The summed E-state index contributed by atoms with van der Waals surface area (Å²) in [5.74, 6) is -1.38. The highest BCUT2D eigenvalue weighted by Crippen LogP contribution is 2.31. The van der Waals surface area contributed by atoms with Gasteiger partial charge in [-0.2, -0.15) is 4.31 Å². The third-order valence-corrected chi connectivity index (χ3v) is 8.34. The molecule has 0 atom stereocenters. The van der Waals surface area contributed by atoms with Crippen molar-refractivity contribution >= 4 is 45.0 Å². The number of nitrogens with zero attached hydrogens (tertiary/aromatic N) is 3. The van der Waals surface area contributed by atoms with Crippen molar-refractivity contribution in [1.82, 2.24) is 14.5 Å². The molecule has 0 saturated carbocycles. The lowest BCUT2D eigenvalue weighted by atomic mass is 10.1. The van der Waals surface area contributed by atoms with Crippen molar-refractivity contribution in [2.45, 2.75) is 32.1 Å². The Hall–Kier alpha value is -4.03. The van der Waals surface area contributed by atoms with E-state index in [9.17, 15) is 22.8 Å². The van der Waals surface area contributed by atoms with Gasteiger partial charge in [-0.05, 0) is 43.7 Å². The molecule has 0 bridgehead atoms. The number of carbonyl (C=O) groups is 3.